The number of likely N-dealkylation sites (tertiary alicyclic amines) is 1. The van der Waals surface area contributed by atoms with Crippen LogP contribution in [0.15, 0.2) is 0 Å². The van der Waals surface area contributed by atoms with Gasteiger partial charge in [0.05, 0.1) is 5.60 Å². The van der Waals surface area contributed by atoms with Crippen molar-refractivity contribution < 1.29 is 14.3 Å². The van der Waals surface area contributed by atoms with Crippen LogP contribution in [0.3, 0.4) is 0 Å². The summed E-state index contributed by atoms with van der Waals surface area (Å²) in [5, 5.41) is 3.64. The summed E-state index contributed by atoms with van der Waals surface area (Å²) in [5.41, 5.74) is -0.555. The van der Waals surface area contributed by atoms with Crippen molar-refractivity contribution in [1.82, 2.24) is 10.2 Å². The van der Waals surface area contributed by atoms with E-state index in [9.17, 15) is 4.79 Å². The SMILES string of the molecule is CCC1(CNC(C)C(C)(C)OC)CCCN(C(=O)OC(C)(C)C)C1. The zero-order valence-corrected chi connectivity index (χ0v) is 17.0. The van der Waals surface area contributed by atoms with Crippen LogP contribution >= 0.6 is 0 Å². The number of hydrogen-bond acceptors (Lipinski definition) is 4. The number of methoxy groups -OCH3 is 1. The summed E-state index contributed by atoms with van der Waals surface area (Å²) in [6.45, 7) is 16.7. The molecule has 142 valence electrons. The first-order valence-electron chi connectivity index (χ1n) is 9.21. The van der Waals surface area contributed by atoms with Gasteiger partial charge in [0.1, 0.15) is 5.60 Å². The van der Waals surface area contributed by atoms with Crippen molar-refractivity contribution in [2.24, 2.45) is 5.41 Å². The van der Waals surface area contributed by atoms with Gasteiger partial charge in [-0.25, -0.2) is 4.79 Å². The lowest BCUT2D eigenvalue weighted by molar-refractivity contribution is -0.0161. The maximum Gasteiger partial charge on any atom is 0.410 e. The lowest BCUT2D eigenvalue weighted by atomic mass is 9.77. The van der Waals surface area contributed by atoms with E-state index in [1.54, 1.807) is 7.11 Å². The van der Waals surface area contributed by atoms with Gasteiger partial charge in [-0.15, -0.1) is 0 Å². The third kappa shape index (κ3) is 5.92. The summed E-state index contributed by atoms with van der Waals surface area (Å²) in [6.07, 6.45) is 3.01. The van der Waals surface area contributed by atoms with Gasteiger partial charge in [0, 0.05) is 38.2 Å². The van der Waals surface area contributed by atoms with Crippen LogP contribution in [0, 0.1) is 5.41 Å². The molecule has 24 heavy (non-hydrogen) atoms. The highest BCUT2D eigenvalue weighted by atomic mass is 16.6. The summed E-state index contributed by atoms with van der Waals surface area (Å²) in [4.78, 5) is 14.3. The molecule has 2 atom stereocenters. The van der Waals surface area contributed by atoms with E-state index in [0.717, 1.165) is 38.9 Å². The fourth-order valence-corrected chi connectivity index (χ4v) is 3.04. The molecule has 1 heterocycles. The van der Waals surface area contributed by atoms with E-state index in [-0.39, 0.29) is 23.2 Å². The molecular weight excluding hydrogens is 304 g/mol. The average Bonchev–Trinajstić information content (AvgIpc) is 2.51. The molecule has 0 saturated carbocycles. The summed E-state index contributed by atoms with van der Waals surface area (Å²) in [6, 6.07) is 0.239. The molecule has 0 aromatic carbocycles. The van der Waals surface area contributed by atoms with Crippen LogP contribution in [0.2, 0.25) is 0 Å². The van der Waals surface area contributed by atoms with Crippen molar-refractivity contribution >= 4 is 6.09 Å². The number of nitrogens with zero attached hydrogens (tertiary/aromatic N) is 1. The quantitative estimate of drug-likeness (QED) is 0.797. The average molecular weight is 343 g/mol. The van der Waals surface area contributed by atoms with Crippen LogP contribution in [0.4, 0.5) is 4.79 Å². The van der Waals surface area contributed by atoms with Crippen LogP contribution in [0.25, 0.3) is 0 Å². The molecule has 0 bridgehead atoms. The van der Waals surface area contributed by atoms with E-state index < -0.39 is 5.60 Å². The van der Waals surface area contributed by atoms with E-state index in [1.807, 2.05) is 25.7 Å². The van der Waals surface area contributed by atoms with Crippen molar-refractivity contribution in [1.29, 1.82) is 0 Å². The van der Waals surface area contributed by atoms with Gasteiger partial charge in [0.15, 0.2) is 0 Å². The van der Waals surface area contributed by atoms with Crippen molar-refractivity contribution in [3.05, 3.63) is 0 Å². The van der Waals surface area contributed by atoms with Crippen LogP contribution in [0.1, 0.15) is 67.7 Å². The maximum absolute atomic E-state index is 12.4. The van der Waals surface area contributed by atoms with Crippen LogP contribution in [-0.4, -0.2) is 55.0 Å². The molecule has 1 rings (SSSR count). The van der Waals surface area contributed by atoms with Crippen molar-refractivity contribution in [3.8, 4) is 0 Å². The van der Waals surface area contributed by atoms with Crippen molar-refractivity contribution in [3.63, 3.8) is 0 Å². The Morgan fingerprint density at radius 3 is 2.42 bits per heavy atom. The molecule has 1 amide bonds. The second-order valence-electron chi connectivity index (χ2n) is 8.77. The molecule has 1 N–H and O–H groups in total. The fraction of sp³-hybridized carbons (Fsp3) is 0.947. The number of amides is 1. The molecule has 1 fully saturated rings. The van der Waals surface area contributed by atoms with Crippen molar-refractivity contribution in [2.75, 3.05) is 26.7 Å². The molecule has 5 heteroatoms. The predicted molar refractivity (Wildman–Crippen MR) is 98.3 cm³/mol. The number of ether oxygens (including phenoxy) is 2. The first kappa shape index (κ1) is 21.2. The summed E-state index contributed by atoms with van der Waals surface area (Å²) in [5.74, 6) is 0. The fourth-order valence-electron chi connectivity index (χ4n) is 3.04. The number of piperidine rings is 1. The zero-order valence-electron chi connectivity index (χ0n) is 17.0. The molecule has 1 aliphatic heterocycles. The van der Waals surface area contributed by atoms with Gasteiger partial charge in [0.25, 0.3) is 0 Å². The Morgan fingerprint density at radius 2 is 1.92 bits per heavy atom. The third-order valence-electron chi connectivity index (χ3n) is 5.42. The van der Waals surface area contributed by atoms with E-state index in [1.165, 1.54) is 0 Å². The summed E-state index contributed by atoms with van der Waals surface area (Å²) in [7, 11) is 1.75. The van der Waals surface area contributed by atoms with Gasteiger partial charge in [-0.05, 0) is 60.8 Å². The van der Waals surface area contributed by atoms with Crippen LogP contribution in [-0.2, 0) is 9.47 Å². The minimum absolute atomic E-state index is 0.104. The first-order chi connectivity index (χ1) is 10.9. The Hall–Kier alpha value is -0.810. The summed E-state index contributed by atoms with van der Waals surface area (Å²) >= 11 is 0. The van der Waals surface area contributed by atoms with Gasteiger partial charge < -0.3 is 19.7 Å². The highest BCUT2D eigenvalue weighted by Gasteiger charge is 2.38. The second-order valence-corrected chi connectivity index (χ2v) is 8.77. The highest BCUT2D eigenvalue weighted by Crippen LogP contribution is 2.34. The minimum Gasteiger partial charge on any atom is -0.444 e. The maximum atomic E-state index is 12.4. The van der Waals surface area contributed by atoms with Crippen LogP contribution in [0.5, 0.6) is 0 Å². The topological polar surface area (TPSA) is 50.8 Å². The van der Waals surface area contributed by atoms with E-state index in [0.29, 0.717) is 0 Å². The predicted octanol–water partition coefficient (Wildman–Crippen LogP) is 3.82. The third-order valence-corrected chi connectivity index (χ3v) is 5.42. The standard InChI is InChI=1S/C19H38N2O3/c1-9-19(13-20-15(2)18(6,7)23-8)11-10-12-21(14-19)16(22)24-17(3,4)5/h15,20H,9-14H2,1-8H3. The van der Waals surface area contributed by atoms with Gasteiger partial charge in [-0.1, -0.05) is 6.92 Å². The highest BCUT2D eigenvalue weighted by molar-refractivity contribution is 5.68. The van der Waals surface area contributed by atoms with E-state index in [4.69, 9.17) is 9.47 Å². The number of carbonyl (C=O) groups is 1. The Balaban J connectivity index is 2.70. The molecule has 1 saturated heterocycles. The zero-order chi connectivity index (χ0) is 18.6. The molecule has 0 radical (unpaired) electrons. The molecule has 2 unspecified atom stereocenters. The number of rotatable bonds is 6. The monoisotopic (exact) mass is 342 g/mol. The molecule has 5 nitrogen and oxygen atoms in total. The van der Waals surface area contributed by atoms with Crippen LogP contribution < -0.4 is 5.32 Å². The molecule has 0 spiro atoms. The Bertz CT molecular complexity index is 417. The molecular formula is C19H38N2O3. The summed E-state index contributed by atoms with van der Waals surface area (Å²) < 4.78 is 11.1. The lowest BCUT2D eigenvalue weighted by Crippen LogP contribution is -2.54. The smallest absolute Gasteiger partial charge is 0.410 e. The van der Waals surface area contributed by atoms with E-state index >= 15 is 0 Å². The number of carbonyl (C=O) groups excluding carboxylic acids is 1. The molecule has 0 aliphatic carbocycles. The lowest BCUT2D eigenvalue weighted by Gasteiger charge is -2.44. The van der Waals surface area contributed by atoms with Gasteiger partial charge in [-0.3, -0.25) is 0 Å². The normalized spacial score (nSPS) is 23.9. The molecule has 0 aromatic rings. The van der Waals surface area contributed by atoms with Crippen molar-refractivity contribution in [2.45, 2.75) is 85.0 Å². The minimum atomic E-state index is -0.446. The second kappa shape index (κ2) is 8.05. The Labute approximate surface area is 148 Å². The molecule has 1 aliphatic rings. The van der Waals surface area contributed by atoms with E-state index in [2.05, 4.69) is 33.0 Å². The Morgan fingerprint density at radius 1 is 1.29 bits per heavy atom. The largest absolute Gasteiger partial charge is 0.444 e. The first-order valence-corrected chi connectivity index (χ1v) is 9.21. The Kier molecular flexibility index (Phi) is 7.12. The number of nitrogens with one attached hydrogen (secondary N) is 1. The number of hydrogen-bond donors (Lipinski definition) is 1. The van der Waals surface area contributed by atoms with Gasteiger partial charge >= 0.3 is 6.09 Å². The van der Waals surface area contributed by atoms with Gasteiger partial charge in [-0.2, -0.15) is 0 Å². The van der Waals surface area contributed by atoms with Gasteiger partial charge in [0.2, 0.25) is 0 Å². The molecule has 0 aromatic heterocycles.